The molecular weight excluding hydrogens is 264 g/mol. The molecule has 21 heavy (non-hydrogen) atoms. The summed E-state index contributed by atoms with van der Waals surface area (Å²) in [4.78, 5) is 0. The van der Waals surface area contributed by atoms with Crippen LogP contribution in [0, 0.1) is 5.92 Å². The van der Waals surface area contributed by atoms with Gasteiger partial charge in [0.15, 0.2) is 0 Å². The van der Waals surface area contributed by atoms with Crippen LogP contribution in [0.3, 0.4) is 0 Å². The topological polar surface area (TPSA) is 38.7 Å². The molecule has 0 heterocycles. The van der Waals surface area contributed by atoms with Crippen molar-refractivity contribution in [2.45, 2.75) is 26.4 Å². The lowest BCUT2D eigenvalue weighted by Gasteiger charge is -2.14. The number of ether oxygens (including phenoxy) is 2. The van der Waals surface area contributed by atoms with Crippen LogP contribution < -0.4 is 9.47 Å². The number of aliphatic hydroxyl groups excluding tert-OH is 1. The maximum absolute atomic E-state index is 10.1. The van der Waals surface area contributed by atoms with Gasteiger partial charge in [-0.3, -0.25) is 0 Å². The normalized spacial score (nSPS) is 12.2. The van der Waals surface area contributed by atoms with Crippen molar-refractivity contribution in [3.05, 3.63) is 54.1 Å². The molecule has 0 bridgehead atoms. The highest BCUT2D eigenvalue weighted by atomic mass is 16.5. The van der Waals surface area contributed by atoms with Crippen LogP contribution >= 0.6 is 0 Å². The van der Waals surface area contributed by atoms with Gasteiger partial charge in [-0.05, 0) is 54.3 Å². The lowest BCUT2D eigenvalue weighted by Crippen LogP contribution is -2.01. The summed E-state index contributed by atoms with van der Waals surface area (Å²) in [6.45, 7) is 4.20. The third-order valence-electron chi connectivity index (χ3n) is 3.25. The molecule has 0 spiro atoms. The fraction of sp³-hybridized carbons (Fsp3) is 0.333. The van der Waals surface area contributed by atoms with E-state index in [2.05, 4.69) is 13.8 Å². The Morgan fingerprint density at radius 1 is 0.857 bits per heavy atom. The predicted octanol–water partition coefficient (Wildman–Crippen LogP) is 4.57. The molecule has 0 saturated carbocycles. The van der Waals surface area contributed by atoms with Gasteiger partial charge in [-0.2, -0.15) is 0 Å². The summed E-state index contributed by atoms with van der Waals surface area (Å²) in [5.41, 5.74) is 0.922. The second-order valence-electron chi connectivity index (χ2n) is 5.49. The molecule has 1 N–H and O–H groups in total. The summed E-state index contributed by atoms with van der Waals surface area (Å²) in [6, 6.07) is 15.0. The fourth-order valence-electron chi connectivity index (χ4n) is 2.12. The Bertz CT molecular complexity index is 544. The molecule has 0 amide bonds. The van der Waals surface area contributed by atoms with E-state index in [-0.39, 0.29) is 0 Å². The largest absolute Gasteiger partial charge is 0.497 e. The summed E-state index contributed by atoms with van der Waals surface area (Å²) < 4.78 is 10.9. The lowest BCUT2D eigenvalue weighted by molar-refractivity contribution is 0.151. The first kappa shape index (κ1) is 15.4. The Hall–Kier alpha value is -2.00. The van der Waals surface area contributed by atoms with E-state index in [1.54, 1.807) is 7.11 Å². The fourth-order valence-corrected chi connectivity index (χ4v) is 2.12. The van der Waals surface area contributed by atoms with Gasteiger partial charge in [-0.1, -0.05) is 26.0 Å². The van der Waals surface area contributed by atoms with Crippen LogP contribution in [0.15, 0.2) is 48.5 Å². The zero-order chi connectivity index (χ0) is 15.2. The SMILES string of the molecule is COc1ccc(Oc2ccc(C(O)CC(C)C)cc2)cc1. The predicted molar refractivity (Wildman–Crippen MR) is 83.9 cm³/mol. The van der Waals surface area contributed by atoms with E-state index < -0.39 is 6.10 Å². The highest BCUT2D eigenvalue weighted by Crippen LogP contribution is 2.27. The molecule has 0 aromatic heterocycles. The standard InChI is InChI=1S/C18H22O3/c1-13(2)12-18(19)14-4-6-16(7-5-14)21-17-10-8-15(20-3)9-11-17/h4-11,13,18-19H,12H2,1-3H3. The lowest BCUT2D eigenvalue weighted by atomic mass is 10.00. The molecule has 0 saturated heterocycles. The van der Waals surface area contributed by atoms with Gasteiger partial charge in [0.1, 0.15) is 17.2 Å². The van der Waals surface area contributed by atoms with Crippen LogP contribution in [0.4, 0.5) is 0 Å². The van der Waals surface area contributed by atoms with Crippen molar-refractivity contribution >= 4 is 0 Å². The van der Waals surface area contributed by atoms with E-state index in [1.807, 2.05) is 48.5 Å². The van der Waals surface area contributed by atoms with Gasteiger partial charge in [0.25, 0.3) is 0 Å². The van der Waals surface area contributed by atoms with E-state index >= 15 is 0 Å². The van der Waals surface area contributed by atoms with Crippen molar-refractivity contribution in [3.8, 4) is 17.2 Å². The summed E-state index contributed by atoms with van der Waals surface area (Å²) >= 11 is 0. The molecular formula is C18H22O3. The Labute approximate surface area is 126 Å². The van der Waals surface area contributed by atoms with Gasteiger partial charge in [0, 0.05) is 0 Å². The average Bonchev–Trinajstić information content (AvgIpc) is 2.48. The molecule has 1 atom stereocenters. The third-order valence-corrected chi connectivity index (χ3v) is 3.25. The molecule has 112 valence electrons. The summed E-state index contributed by atoms with van der Waals surface area (Å²) in [7, 11) is 1.64. The van der Waals surface area contributed by atoms with E-state index in [0.29, 0.717) is 5.92 Å². The number of benzene rings is 2. The number of hydrogen-bond donors (Lipinski definition) is 1. The van der Waals surface area contributed by atoms with Gasteiger partial charge in [-0.15, -0.1) is 0 Å². The van der Waals surface area contributed by atoms with Crippen LogP contribution in [0.5, 0.6) is 17.2 Å². The minimum atomic E-state index is -0.417. The number of aliphatic hydroxyl groups is 1. The Kier molecular flexibility index (Phi) is 5.23. The molecule has 0 aliphatic carbocycles. The number of rotatable bonds is 6. The second-order valence-corrected chi connectivity index (χ2v) is 5.49. The molecule has 3 nitrogen and oxygen atoms in total. The minimum absolute atomic E-state index is 0.417. The Morgan fingerprint density at radius 3 is 1.81 bits per heavy atom. The van der Waals surface area contributed by atoms with Gasteiger partial charge in [0.2, 0.25) is 0 Å². The molecule has 0 aliphatic rings. The van der Waals surface area contributed by atoms with E-state index in [1.165, 1.54) is 0 Å². The monoisotopic (exact) mass is 286 g/mol. The van der Waals surface area contributed by atoms with Crippen molar-refractivity contribution in [2.24, 2.45) is 5.92 Å². The van der Waals surface area contributed by atoms with Crippen LogP contribution in [0.2, 0.25) is 0 Å². The molecule has 0 aliphatic heterocycles. The smallest absolute Gasteiger partial charge is 0.127 e. The Morgan fingerprint density at radius 2 is 1.33 bits per heavy atom. The number of hydrogen-bond acceptors (Lipinski definition) is 3. The molecule has 1 unspecified atom stereocenters. The van der Waals surface area contributed by atoms with Crippen molar-refractivity contribution in [1.29, 1.82) is 0 Å². The maximum Gasteiger partial charge on any atom is 0.127 e. The molecule has 3 heteroatoms. The highest BCUT2D eigenvalue weighted by Gasteiger charge is 2.09. The van der Waals surface area contributed by atoms with E-state index in [4.69, 9.17) is 9.47 Å². The molecule has 2 aromatic rings. The van der Waals surface area contributed by atoms with Crippen LogP contribution in [-0.4, -0.2) is 12.2 Å². The van der Waals surface area contributed by atoms with Crippen LogP contribution in [0.1, 0.15) is 31.9 Å². The molecule has 0 fully saturated rings. The quantitative estimate of drug-likeness (QED) is 0.845. The second kappa shape index (κ2) is 7.14. The zero-order valence-electron chi connectivity index (χ0n) is 12.7. The summed E-state index contributed by atoms with van der Waals surface area (Å²) in [6.07, 6.45) is 0.346. The van der Waals surface area contributed by atoms with Crippen LogP contribution in [-0.2, 0) is 0 Å². The van der Waals surface area contributed by atoms with Crippen molar-refractivity contribution in [3.63, 3.8) is 0 Å². The zero-order valence-corrected chi connectivity index (χ0v) is 12.7. The summed E-state index contributed by atoms with van der Waals surface area (Å²) in [5.74, 6) is 2.77. The third kappa shape index (κ3) is 4.50. The van der Waals surface area contributed by atoms with Crippen molar-refractivity contribution in [2.75, 3.05) is 7.11 Å². The van der Waals surface area contributed by atoms with Crippen LogP contribution in [0.25, 0.3) is 0 Å². The van der Waals surface area contributed by atoms with E-state index in [0.717, 1.165) is 29.2 Å². The van der Waals surface area contributed by atoms with Gasteiger partial charge in [0.05, 0.1) is 13.2 Å². The van der Waals surface area contributed by atoms with Crippen molar-refractivity contribution < 1.29 is 14.6 Å². The van der Waals surface area contributed by atoms with Gasteiger partial charge >= 0.3 is 0 Å². The van der Waals surface area contributed by atoms with E-state index in [9.17, 15) is 5.11 Å². The first-order valence-electron chi connectivity index (χ1n) is 7.18. The number of methoxy groups -OCH3 is 1. The first-order chi connectivity index (χ1) is 10.1. The summed E-state index contributed by atoms with van der Waals surface area (Å²) in [5, 5.41) is 10.1. The highest BCUT2D eigenvalue weighted by molar-refractivity contribution is 5.36. The van der Waals surface area contributed by atoms with Gasteiger partial charge < -0.3 is 14.6 Å². The first-order valence-corrected chi connectivity index (χ1v) is 7.18. The molecule has 2 rings (SSSR count). The average molecular weight is 286 g/mol. The minimum Gasteiger partial charge on any atom is -0.497 e. The maximum atomic E-state index is 10.1. The van der Waals surface area contributed by atoms with Gasteiger partial charge in [-0.25, -0.2) is 0 Å². The Balaban J connectivity index is 2.01. The van der Waals surface area contributed by atoms with Crippen molar-refractivity contribution in [1.82, 2.24) is 0 Å². The molecule has 0 radical (unpaired) electrons. The molecule has 2 aromatic carbocycles.